The van der Waals surface area contributed by atoms with Crippen LogP contribution in [-0.4, -0.2) is 24.3 Å². The zero-order valence-electron chi connectivity index (χ0n) is 21.1. The molecule has 0 saturated heterocycles. The second-order valence-electron chi connectivity index (χ2n) is 9.69. The van der Waals surface area contributed by atoms with Crippen LogP contribution in [0.1, 0.15) is 90.0 Å². The summed E-state index contributed by atoms with van der Waals surface area (Å²) < 4.78 is 11.2. The minimum atomic E-state index is -0.867. The average molecular weight is 467 g/mol. The molecular formula is C30H42O4. The maximum absolute atomic E-state index is 12.1. The second-order valence-corrected chi connectivity index (χ2v) is 9.69. The van der Waals surface area contributed by atoms with Gasteiger partial charge in [-0.25, -0.2) is 0 Å². The van der Waals surface area contributed by atoms with Gasteiger partial charge in [0.1, 0.15) is 5.75 Å². The minimum Gasteiger partial charge on any atom is -0.494 e. The largest absolute Gasteiger partial charge is 0.494 e. The molecule has 0 unspecified atom stereocenters. The lowest BCUT2D eigenvalue weighted by molar-refractivity contribution is -0.151. The third-order valence-electron chi connectivity index (χ3n) is 6.97. The van der Waals surface area contributed by atoms with E-state index < -0.39 is 5.60 Å². The predicted octanol–water partition coefficient (Wildman–Crippen LogP) is 7.42. The normalized spacial score (nSPS) is 20.1. The molecule has 2 aromatic carbocycles. The summed E-state index contributed by atoms with van der Waals surface area (Å²) in [4.78, 5) is 12.1. The van der Waals surface area contributed by atoms with Crippen molar-refractivity contribution in [2.45, 2.75) is 90.1 Å². The molecule has 0 amide bonds. The highest BCUT2D eigenvalue weighted by Gasteiger charge is 2.37. The van der Waals surface area contributed by atoms with Crippen molar-refractivity contribution in [1.82, 2.24) is 0 Å². The lowest BCUT2D eigenvalue weighted by atomic mass is 9.75. The predicted molar refractivity (Wildman–Crippen MR) is 138 cm³/mol. The molecule has 186 valence electrons. The van der Waals surface area contributed by atoms with Gasteiger partial charge in [-0.3, -0.25) is 4.79 Å². The first kappa shape index (κ1) is 26.3. The molecule has 1 aliphatic rings. The number of rotatable bonds is 13. The number of aliphatic hydroxyl groups is 1. The van der Waals surface area contributed by atoms with Gasteiger partial charge in [0, 0.05) is 0 Å². The number of benzene rings is 2. The second kappa shape index (κ2) is 13.5. The van der Waals surface area contributed by atoms with Crippen molar-refractivity contribution >= 4 is 5.97 Å². The molecule has 0 spiro atoms. The van der Waals surface area contributed by atoms with E-state index in [9.17, 15) is 9.90 Å². The summed E-state index contributed by atoms with van der Waals surface area (Å²) >= 11 is 0. The van der Waals surface area contributed by atoms with Gasteiger partial charge in [0.15, 0.2) is 0 Å². The van der Waals surface area contributed by atoms with Gasteiger partial charge >= 0.3 is 5.97 Å². The molecule has 0 atom stereocenters. The molecule has 1 N–H and O–H groups in total. The van der Waals surface area contributed by atoms with Crippen LogP contribution >= 0.6 is 0 Å². The number of ether oxygens (including phenoxy) is 2. The van der Waals surface area contributed by atoms with Crippen molar-refractivity contribution in [1.29, 1.82) is 0 Å². The fourth-order valence-electron chi connectivity index (χ4n) is 4.73. The SMILES string of the molecule is CCCCCCCCOc1ccc(-c2ccc(C3(O)CCC(C(=O)OCCC)CC3)cc2)cc1. The van der Waals surface area contributed by atoms with E-state index in [2.05, 4.69) is 31.2 Å². The highest BCUT2D eigenvalue weighted by atomic mass is 16.5. The lowest BCUT2D eigenvalue weighted by Gasteiger charge is -2.35. The highest BCUT2D eigenvalue weighted by molar-refractivity contribution is 5.72. The Morgan fingerprint density at radius 3 is 2.03 bits per heavy atom. The lowest BCUT2D eigenvalue weighted by Crippen LogP contribution is -2.34. The Balaban J connectivity index is 1.48. The standard InChI is InChI=1S/C30H42O4/c1-3-5-6-7-8-9-23-33-28-16-12-25(13-17-28)24-10-14-27(15-11-24)30(32)20-18-26(19-21-30)29(31)34-22-4-2/h10-17,26,32H,3-9,18-23H2,1-2H3. The Labute approximate surface area is 205 Å². The molecule has 3 rings (SSSR count). The summed E-state index contributed by atoms with van der Waals surface area (Å²) in [7, 11) is 0. The van der Waals surface area contributed by atoms with E-state index in [1.807, 2.05) is 31.2 Å². The van der Waals surface area contributed by atoms with Crippen molar-refractivity contribution in [3.63, 3.8) is 0 Å². The topological polar surface area (TPSA) is 55.8 Å². The van der Waals surface area contributed by atoms with Gasteiger partial charge in [-0.15, -0.1) is 0 Å². The molecule has 1 saturated carbocycles. The molecule has 4 heteroatoms. The summed E-state index contributed by atoms with van der Waals surface area (Å²) in [6.07, 6.45) is 10.9. The van der Waals surface area contributed by atoms with Crippen LogP contribution in [-0.2, 0) is 15.1 Å². The van der Waals surface area contributed by atoms with Crippen LogP contribution in [0.4, 0.5) is 0 Å². The van der Waals surface area contributed by atoms with Crippen LogP contribution < -0.4 is 4.74 Å². The summed E-state index contributed by atoms with van der Waals surface area (Å²) in [5.74, 6) is 0.712. The molecule has 1 aliphatic carbocycles. The van der Waals surface area contributed by atoms with E-state index in [0.29, 0.717) is 32.3 Å². The number of carbonyl (C=O) groups is 1. The summed E-state index contributed by atoms with van der Waals surface area (Å²) in [5.41, 5.74) is 2.31. The first-order valence-electron chi connectivity index (χ1n) is 13.3. The van der Waals surface area contributed by atoms with E-state index >= 15 is 0 Å². The van der Waals surface area contributed by atoms with Crippen molar-refractivity contribution in [2.24, 2.45) is 5.92 Å². The van der Waals surface area contributed by atoms with Crippen molar-refractivity contribution in [3.8, 4) is 16.9 Å². The summed E-state index contributed by atoms with van der Waals surface area (Å²) in [5, 5.41) is 11.2. The zero-order valence-corrected chi connectivity index (χ0v) is 21.1. The van der Waals surface area contributed by atoms with Gasteiger partial charge in [0.05, 0.1) is 24.7 Å². The van der Waals surface area contributed by atoms with Gasteiger partial charge in [-0.1, -0.05) is 82.3 Å². The fraction of sp³-hybridized carbons (Fsp3) is 0.567. The zero-order chi connectivity index (χ0) is 24.2. The highest BCUT2D eigenvalue weighted by Crippen LogP contribution is 2.40. The van der Waals surface area contributed by atoms with Crippen molar-refractivity contribution in [2.75, 3.05) is 13.2 Å². The van der Waals surface area contributed by atoms with E-state index in [-0.39, 0.29) is 11.9 Å². The maximum atomic E-state index is 12.1. The molecule has 34 heavy (non-hydrogen) atoms. The third-order valence-corrected chi connectivity index (χ3v) is 6.97. The van der Waals surface area contributed by atoms with Crippen molar-refractivity contribution in [3.05, 3.63) is 54.1 Å². The molecule has 0 aliphatic heterocycles. The minimum absolute atomic E-state index is 0.0899. The van der Waals surface area contributed by atoms with Crippen LogP contribution in [0.25, 0.3) is 11.1 Å². The van der Waals surface area contributed by atoms with E-state index in [4.69, 9.17) is 9.47 Å². The van der Waals surface area contributed by atoms with Crippen LogP contribution in [0.3, 0.4) is 0 Å². The smallest absolute Gasteiger partial charge is 0.308 e. The van der Waals surface area contributed by atoms with Crippen LogP contribution in [0, 0.1) is 5.92 Å². The maximum Gasteiger partial charge on any atom is 0.308 e. The average Bonchev–Trinajstić information content (AvgIpc) is 2.87. The van der Waals surface area contributed by atoms with E-state index in [1.54, 1.807) is 0 Å². The monoisotopic (exact) mass is 466 g/mol. The molecule has 0 bridgehead atoms. The summed E-state index contributed by atoms with van der Waals surface area (Å²) in [6.45, 7) is 5.49. The van der Waals surface area contributed by atoms with Crippen LogP contribution in [0.5, 0.6) is 5.75 Å². The van der Waals surface area contributed by atoms with Gasteiger partial charge in [0.25, 0.3) is 0 Å². The molecule has 4 nitrogen and oxygen atoms in total. The number of unbranched alkanes of at least 4 members (excludes halogenated alkanes) is 5. The Morgan fingerprint density at radius 1 is 0.824 bits per heavy atom. The van der Waals surface area contributed by atoms with Crippen LogP contribution in [0.2, 0.25) is 0 Å². The van der Waals surface area contributed by atoms with Crippen molar-refractivity contribution < 1.29 is 19.4 Å². The molecule has 0 aromatic heterocycles. The van der Waals surface area contributed by atoms with Crippen LogP contribution in [0.15, 0.2) is 48.5 Å². The number of hydrogen-bond acceptors (Lipinski definition) is 4. The Hall–Kier alpha value is -2.33. The van der Waals surface area contributed by atoms with Gasteiger partial charge in [-0.05, 0) is 67.3 Å². The Bertz CT molecular complexity index is 848. The van der Waals surface area contributed by atoms with E-state index in [0.717, 1.165) is 41.9 Å². The Morgan fingerprint density at radius 2 is 1.41 bits per heavy atom. The Kier molecular flexibility index (Phi) is 10.5. The quantitative estimate of drug-likeness (QED) is 0.246. The van der Waals surface area contributed by atoms with E-state index in [1.165, 1.54) is 32.1 Å². The van der Waals surface area contributed by atoms with Gasteiger partial charge < -0.3 is 14.6 Å². The third kappa shape index (κ3) is 7.59. The fourth-order valence-corrected chi connectivity index (χ4v) is 4.73. The molecule has 2 aromatic rings. The molecular weight excluding hydrogens is 424 g/mol. The van der Waals surface area contributed by atoms with Gasteiger partial charge in [0.2, 0.25) is 0 Å². The number of carbonyl (C=O) groups excluding carboxylic acids is 1. The first-order valence-corrected chi connectivity index (χ1v) is 13.3. The first-order chi connectivity index (χ1) is 16.6. The molecule has 0 heterocycles. The van der Waals surface area contributed by atoms with Gasteiger partial charge in [-0.2, -0.15) is 0 Å². The number of esters is 1. The molecule has 1 fully saturated rings. The summed E-state index contributed by atoms with van der Waals surface area (Å²) in [6, 6.07) is 16.4. The number of hydrogen-bond donors (Lipinski definition) is 1. The molecule has 0 radical (unpaired) electrons.